The molecule has 1 aromatic carbocycles. The lowest BCUT2D eigenvalue weighted by Gasteiger charge is -2.21. The lowest BCUT2D eigenvalue weighted by Crippen LogP contribution is -2.32. The number of nitrogen functional groups attached to an aromatic ring is 1. The van der Waals surface area contributed by atoms with Crippen molar-refractivity contribution in [1.29, 1.82) is 0 Å². The summed E-state index contributed by atoms with van der Waals surface area (Å²) < 4.78 is 0.861. The normalized spacial score (nSPS) is 19.7. The molecule has 0 saturated carbocycles. The molecule has 1 heterocycles. The molecule has 1 saturated heterocycles. The maximum Gasteiger partial charge on any atom is 0.253 e. The molecule has 110 valence electrons. The molecule has 3 nitrogen and oxygen atoms in total. The highest BCUT2D eigenvalue weighted by atomic mass is 79.9. The molecule has 0 bridgehead atoms. The molecular weight excluding hydrogens is 316 g/mol. The highest BCUT2D eigenvalue weighted by Crippen LogP contribution is 2.24. The fourth-order valence-electron chi connectivity index (χ4n) is 2.98. The number of nitrogens with two attached hydrogens (primary N) is 1. The first-order valence-corrected chi connectivity index (χ1v) is 8.24. The van der Waals surface area contributed by atoms with Gasteiger partial charge < -0.3 is 10.6 Å². The summed E-state index contributed by atoms with van der Waals surface area (Å²) in [6.07, 6.45) is 6.01. The largest absolute Gasteiger partial charge is 0.399 e. The molecule has 1 atom stereocenters. The van der Waals surface area contributed by atoms with E-state index in [1.807, 2.05) is 17.0 Å². The van der Waals surface area contributed by atoms with Gasteiger partial charge in [-0.1, -0.05) is 35.7 Å². The van der Waals surface area contributed by atoms with E-state index in [0.29, 0.717) is 11.3 Å². The van der Waals surface area contributed by atoms with Crippen LogP contribution in [0.2, 0.25) is 0 Å². The number of anilines is 1. The van der Waals surface area contributed by atoms with Crippen LogP contribution in [0.1, 0.15) is 49.4 Å². The van der Waals surface area contributed by atoms with E-state index >= 15 is 0 Å². The van der Waals surface area contributed by atoms with Crippen LogP contribution in [0.15, 0.2) is 22.7 Å². The van der Waals surface area contributed by atoms with Gasteiger partial charge in [-0.15, -0.1) is 0 Å². The molecule has 2 rings (SSSR count). The van der Waals surface area contributed by atoms with Gasteiger partial charge in [0.2, 0.25) is 0 Å². The lowest BCUT2D eigenvalue weighted by atomic mass is 9.96. The second-order valence-electron chi connectivity index (χ2n) is 5.65. The molecule has 1 amide bonds. The van der Waals surface area contributed by atoms with Crippen molar-refractivity contribution in [1.82, 2.24) is 4.90 Å². The van der Waals surface area contributed by atoms with Gasteiger partial charge in [-0.3, -0.25) is 4.79 Å². The summed E-state index contributed by atoms with van der Waals surface area (Å²) >= 11 is 3.40. The van der Waals surface area contributed by atoms with E-state index in [9.17, 15) is 4.79 Å². The van der Waals surface area contributed by atoms with E-state index in [2.05, 4.69) is 22.9 Å². The smallest absolute Gasteiger partial charge is 0.253 e. The minimum absolute atomic E-state index is 0.107. The Balaban J connectivity index is 2.05. The zero-order valence-electron chi connectivity index (χ0n) is 12.1. The van der Waals surface area contributed by atoms with Crippen LogP contribution in [0.3, 0.4) is 0 Å². The Hall–Kier alpha value is -1.03. The van der Waals surface area contributed by atoms with Crippen LogP contribution in [0.4, 0.5) is 5.69 Å². The molecule has 1 aromatic rings. The second kappa shape index (κ2) is 7.11. The van der Waals surface area contributed by atoms with Crippen LogP contribution < -0.4 is 5.73 Å². The van der Waals surface area contributed by atoms with Crippen molar-refractivity contribution >= 4 is 27.5 Å². The Morgan fingerprint density at radius 2 is 2.15 bits per heavy atom. The van der Waals surface area contributed by atoms with Gasteiger partial charge in [0.1, 0.15) is 0 Å². The number of nitrogens with zero attached hydrogens (tertiary/aromatic N) is 1. The third-order valence-corrected chi connectivity index (χ3v) is 4.46. The van der Waals surface area contributed by atoms with Gasteiger partial charge in [0.25, 0.3) is 5.91 Å². The second-order valence-corrected chi connectivity index (χ2v) is 6.57. The van der Waals surface area contributed by atoms with Crippen LogP contribution in [-0.4, -0.2) is 23.9 Å². The number of carbonyl (C=O) groups excluding carboxylic acids is 1. The topological polar surface area (TPSA) is 46.3 Å². The third-order valence-electron chi connectivity index (χ3n) is 4.00. The number of amides is 1. The Morgan fingerprint density at radius 3 is 2.85 bits per heavy atom. The predicted molar refractivity (Wildman–Crippen MR) is 86.7 cm³/mol. The van der Waals surface area contributed by atoms with Crippen LogP contribution >= 0.6 is 15.9 Å². The van der Waals surface area contributed by atoms with Gasteiger partial charge in [0.15, 0.2) is 0 Å². The standard InChI is InChI=1S/C16H23BrN2O/c1-2-4-12-5-3-7-19(8-6-12)16(20)13-9-14(17)11-15(18)10-13/h9-12H,2-8,18H2,1H3. The number of hydrogen-bond acceptors (Lipinski definition) is 2. The first kappa shape index (κ1) is 15.4. The zero-order valence-corrected chi connectivity index (χ0v) is 13.7. The van der Waals surface area contributed by atoms with Crippen molar-refractivity contribution < 1.29 is 4.79 Å². The van der Waals surface area contributed by atoms with Crippen molar-refractivity contribution in [3.05, 3.63) is 28.2 Å². The maximum atomic E-state index is 12.6. The van der Waals surface area contributed by atoms with E-state index in [1.165, 1.54) is 19.3 Å². The molecule has 1 unspecified atom stereocenters. The van der Waals surface area contributed by atoms with Gasteiger partial charge in [-0.2, -0.15) is 0 Å². The summed E-state index contributed by atoms with van der Waals surface area (Å²) in [5.41, 5.74) is 7.13. The Morgan fingerprint density at radius 1 is 1.35 bits per heavy atom. The van der Waals surface area contributed by atoms with Crippen LogP contribution in [0.5, 0.6) is 0 Å². The molecule has 1 fully saturated rings. The fraction of sp³-hybridized carbons (Fsp3) is 0.562. The maximum absolute atomic E-state index is 12.6. The van der Waals surface area contributed by atoms with Gasteiger partial charge >= 0.3 is 0 Å². The number of carbonyl (C=O) groups is 1. The molecule has 1 aliphatic heterocycles. The van der Waals surface area contributed by atoms with Gasteiger partial charge in [0, 0.05) is 28.8 Å². The van der Waals surface area contributed by atoms with Crippen molar-refractivity contribution in [2.75, 3.05) is 18.8 Å². The highest BCUT2D eigenvalue weighted by Gasteiger charge is 2.21. The fourth-order valence-corrected chi connectivity index (χ4v) is 3.49. The number of benzene rings is 1. The number of halogens is 1. The minimum atomic E-state index is 0.107. The first-order valence-electron chi connectivity index (χ1n) is 7.45. The highest BCUT2D eigenvalue weighted by molar-refractivity contribution is 9.10. The summed E-state index contributed by atoms with van der Waals surface area (Å²) in [4.78, 5) is 14.6. The summed E-state index contributed by atoms with van der Waals surface area (Å²) in [5.74, 6) is 0.889. The summed E-state index contributed by atoms with van der Waals surface area (Å²) in [6, 6.07) is 5.44. The molecule has 0 aromatic heterocycles. The van der Waals surface area contributed by atoms with E-state index in [0.717, 1.165) is 36.3 Å². The van der Waals surface area contributed by atoms with Crippen molar-refractivity contribution in [2.45, 2.75) is 39.0 Å². The number of hydrogen-bond donors (Lipinski definition) is 1. The molecule has 4 heteroatoms. The van der Waals surface area contributed by atoms with Crippen molar-refractivity contribution in [2.24, 2.45) is 5.92 Å². The number of rotatable bonds is 3. The molecule has 0 spiro atoms. The average molecular weight is 339 g/mol. The molecule has 20 heavy (non-hydrogen) atoms. The average Bonchev–Trinajstić information content (AvgIpc) is 2.63. The Kier molecular flexibility index (Phi) is 5.46. The van der Waals surface area contributed by atoms with Crippen molar-refractivity contribution in [3.63, 3.8) is 0 Å². The molecule has 0 aliphatic carbocycles. The first-order chi connectivity index (χ1) is 9.60. The van der Waals surface area contributed by atoms with Gasteiger partial charge in [0.05, 0.1) is 0 Å². The lowest BCUT2D eigenvalue weighted by molar-refractivity contribution is 0.0760. The van der Waals surface area contributed by atoms with E-state index in [1.54, 1.807) is 6.07 Å². The van der Waals surface area contributed by atoms with Crippen LogP contribution in [-0.2, 0) is 0 Å². The minimum Gasteiger partial charge on any atom is -0.399 e. The van der Waals surface area contributed by atoms with E-state index < -0.39 is 0 Å². The van der Waals surface area contributed by atoms with Gasteiger partial charge in [-0.25, -0.2) is 0 Å². The van der Waals surface area contributed by atoms with Crippen molar-refractivity contribution in [3.8, 4) is 0 Å². The summed E-state index contributed by atoms with van der Waals surface area (Å²) in [5, 5.41) is 0. The predicted octanol–water partition coefficient (Wildman–Crippen LogP) is 4.07. The van der Waals surface area contributed by atoms with E-state index in [-0.39, 0.29) is 5.91 Å². The molecule has 1 aliphatic rings. The molecular formula is C16H23BrN2O. The Labute approximate surface area is 129 Å². The van der Waals surface area contributed by atoms with Crippen LogP contribution in [0.25, 0.3) is 0 Å². The van der Waals surface area contributed by atoms with Gasteiger partial charge in [-0.05, 0) is 43.4 Å². The SMILES string of the molecule is CCCC1CCCN(C(=O)c2cc(N)cc(Br)c2)CC1. The van der Waals surface area contributed by atoms with Crippen LogP contribution in [0, 0.1) is 5.92 Å². The third kappa shape index (κ3) is 3.98. The monoisotopic (exact) mass is 338 g/mol. The number of likely N-dealkylation sites (tertiary alicyclic amines) is 1. The Bertz CT molecular complexity index is 455. The zero-order chi connectivity index (χ0) is 14.5. The quantitative estimate of drug-likeness (QED) is 0.844. The van der Waals surface area contributed by atoms with E-state index in [4.69, 9.17) is 5.73 Å². The molecule has 2 N–H and O–H groups in total. The summed E-state index contributed by atoms with van der Waals surface area (Å²) in [6.45, 7) is 3.97. The molecule has 0 radical (unpaired) electrons. The summed E-state index contributed by atoms with van der Waals surface area (Å²) in [7, 11) is 0.